The second kappa shape index (κ2) is 8.71. The summed E-state index contributed by atoms with van der Waals surface area (Å²) in [4.78, 5) is 27.9. The summed E-state index contributed by atoms with van der Waals surface area (Å²) in [6.07, 6.45) is 1.65. The van der Waals surface area contributed by atoms with Gasteiger partial charge in [0.1, 0.15) is 22.8 Å². The van der Waals surface area contributed by atoms with Crippen LogP contribution in [0.15, 0.2) is 76.1 Å². The van der Waals surface area contributed by atoms with E-state index in [1.54, 1.807) is 48.7 Å². The van der Waals surface area contributed by atoms with Crippen LogP contribution in [0.2, 0.25) is 0 Å². The summed E-state index contributed by atoms with van der Waals surface area (Å²) < 4.78 is 16.4. The quantitative estimate of drug-likeness (QED) is 0.462. The lowest BCUT2D eigenvalue weighted by atomic mass is 10.1. The van der Waals surface area contributed by atoms with Crippen molar-refractivity contribution in [2.75, 3.05) is 11.9 Å². The maximum absolute atomic E-state index is 12.2. The number of ether oxygens (including phenoxy) is 2. The Morgan fingerprint density at radius 2 is 1.71 bits per heavy atom. The van der Waals surface area contributed by atoms with Crippen molar-refractivity contribution in [3.05, 3.63) is 88.5 Å². The smallest absolute Gasteiger partial charge is 0.336 e. The van der Waals surface area contributed by atoms with Crippen molar-refractivity contribution in [1.29, 1.82) is 0 Å². The predicted molar refractivity (Wildman–Crippen MR) is 117 cm³/mol. The number of amides is 1. The van der Waals surface area contributed by atoms with Crippen LogP contribution in [0.1, 0.15) is 11.3 Å². The van der Waals surface area contributed by atoms with Gasteiger partial charge in [0.15, 0.2) is 6.61 Å². The van der Waals surface area contributed by atoms with Gasteiger partial charge in [-0.1, -0.05) is 0 Å². The number of carbonyl (C=O) groups is 1. The Bertz CT molecular complexity index is 1280. The van der Waals surface area contributed by atoms with Crippen LogP contribution in [0.4, 0.5) is 5.69 Å². The molecule has 2 aromatic carbocycles. The molecule has 7 heteroatoms. The van der Waals surface area contributed by atoms with Gasteiger partial charge in [-0.3, -0.25) is 9.78 Å². The van der Waals surface area contributed by atoms with Gasteiger partial charge in [-0.15, -0.1) is 0 Å². The highest BCUT2D eigenvalue weighted by molar-refractivity contribution is 5.92. The number of benzene rings is 2. The van der Waals surface area contributed by atoms with E-state index in [9.17, 15) is 9.59 Å². The molecule has 2 heterocycles. The average molecular weight is 416 g/mol. The van der Waals surface area contributed by atoms with Gasteiger partial charge in [-0.25, -0.2) is 4.79 Å². The topological polar surface area (TPSA) is 90.7 Å². The summed E-state index contributed by atoms with van der Waals surface area (Å²) in [5, 5.41) is 3.58. The first-order valence-corrected chi connectivity index (χ1v) is 9.64. The Morgan fingerprint density at radius 1 is 0.968 bits per heavy atom. The highest BCUT2D eigenvalue weighted by Gasteiger charge is 2.07. The first kappa shape index (κ1) is 20.2. The van der Waals surface area contributed by atoms with Crippen molar-refractivity contribution in [3.8, 4) is 17.2 Å². The SMILES string of the molecule is Cc1ccc(Oc2ccc(NC(=O)COc3ccc4c(C)cc(=O)oc4c3)cc2)cn1. The van der Waals surface area contributed by atoms with Crippen LogP contribution >= 0.6 is 0 Å². The lowest BCUT2D eigenvalue weighted by molar-refractivity contribution is -0.118. The van der Waals surface area contributed by atoms with E-state index < -0.39 is 5.63 Å². The van der Waals surface area contributed by atoms with Crippen LogP contribution < -0.4 is 20.4 Å². The summed E-state index contributed by atoms with van der Waals surface area (Å²) in [5.74, 6) is 1.39. The molecule has 0 aliphatic heterocycles. The zero-order valence-electron chi connectivity index (χ0n) is 17.0. The monoisotopic (exact) mass is 416 g/mol. The van der Waals surface area contributed by atoms with Gasteiger partial charge >= 0.3 is 5.63 Å². The number of hydrogen-bond donors (Lipinski definition) is 1. The zero-order chi connectivity index (χ0) is 21.8. The minimum Gasteiger partial charge on any atom is -0.484 e. The standard InChI is InChI=1S/C24H20N2O5/c1-15-11-24(28)31-22-12-19(9-10-21(15)22)29-14-23(27)26-17-4-7-18(8-5-17)30-20-6-3-16(2)25-13-20/h3-13H,14H2,1-2H3,(H,26,27). The maximum Gasteiger partial charge on any atom is 0.336 e. The zero-order valence-corrected chi connectivity index (χ0v) is 17.0. The molecule has 0 spiro atoms. The number of carbonyl (C=O) groups excluding carboxylic acids is 1. The Morgan fingerprint density at radius 3 is 2.45 bits per heavy atom. The summed E-state index contributed by atoms with van der Waals surface area (Å²) in [6, 6.07) is 17.3. The fraction of sp³-hybridized carbons (Fsp3) is 0.125. The Balaban J connectivity index is 1.34. The normalized spacial score (nSPS) is 10.6. The third-order valence-corrected chi connectivity index (χ3v) is 4.55. The molecule has 1 amide bonds. The number of aromatic nitrogens is 1. The summed E-state index contributed by atoms with van der Waals surface area (Å²) in [7, 11) is 0. The second-order valence-corrected chi connectivity index (χ2v) is 7.00. The van der Waals surface area contributed by atoms with Crippen LogP contribution in [0.5, 0.6) is 17.2 Å². The summed E-state index contributed by atoms with van der Waals surface area (Å²) in [6.45, 7) is 3.56. The number of hydrogen-bond acceptors (Lipinski definition) is 6. The lowest BCUT2D eigenvalue weighted by Crippen LogP contribution is -2.20. The molecular formula is C24H20N2O5. The van der Waals surface area contributed by atoms with E-state index in [1.165, 1.54) is 6.07 Å². The number of fused-ring (bicyclic) bond motifs is 1. The Hall–Kier alpha value is -4.13. The molecule has 0 aliphatic carbocycles. The molecule has 31 heavy (non-hydrogen) atoms. The molecular weight excluding hydrogens is 396 g/mol. The van der Waals surface area contributed by atoms with Crippen molar-refractivity contribution in [2.45, 2.75) is 13.8 Å². The number of pyridine rings is 1. The van der Waals surface area contributed by atoms with E-state index in [4.69, 9.17) is 13.9 Å². The molecule has 4 rings (SSSR count). The molecule has 1 N–H and O–H groups in total. The highest BCUT2D eigenvalue weighted by Crippen LogP contribution is 2.24. The van der Waals surface area contributed by atoms with E-state index >= 15 is 0 Å². The van der Waals surface area contributed by atoms with Gasteiger partial charge in [0, 0.05) is 28.9 Å². The lowest BCUT2D eigenvalue weighted by Gasteiger charge is -2.10. The maximum atomic E-state index is 12.2. The molecule has 0 saturated carbocycles. The molecule has 0 radical (unpaired) electrons. The summed E-state index contributed by atoms with van der Waals surface area (Å²) in [5.41, 5.74) is 2.34. The van der Waals surface area contributed by atoms with Crippen molar-refractivity contribution in [2.24, 2.45) is 0 Å². The average Bonchev–Trinajstić information content (AvgIpc) is 2.75. The van der Waals surface area contributed by atoms with E-state index in [0.717, 1.165) is 16.6 Å². The molecule has 7 nitrogen and oxygen atoms in total. The molecule has 2 aromatic heterocycles. The van der Waals surface area contributed by atoms with Gasteiger partial charge < -0.3 is 19.2 Å². The molecule has 0 saturated heterocycles. The van der Waals surface area contributed by atoms with Crippen LogP contribution in [0, 0.1) is 13.8 Å². The van der Waals surface area contributed by atoms with Crippen molar-refractivity contribution in [1.82, 2.24) is 4.98 Å². The molecule has 4 aromatic rings. The molecule has 156 valence electrons. The van der Waals surface area contributed by atoms with E-state index in [1.807, 2.05) is 26.0 Å². The fourth-order valence-corrected chi connectivity index (χ4v) is 3.00. The first-order chi connectivity index (χ1) is 15.0. The van der Waals surface area contributed by atoms with E-state index in [0.29, 0.717) is 28.5 Å². The van der Waals surface area contributed by atoms with Gasteiger partial charge in [-0.05, 0) is 67.9 Å². The van der Waals surface area contributed by atoms with Crippen molar-refractivity contribution >= 4 is 22.6 Å². The minimum atomic E-state index is -0.425. The second-order valence-electron chi connectivity index (χ2n) is 7.00. The van der Waals surface area contributed by atoms with E-state index in [2.05, 4.69) is 10.3 Å². The predicted octanol–water partition coefficient (Wildman–Crippen LogP) is 4.61. The molecule has 0 fully saturated rings. The highest BCUT2D eigenvalue weighted by atomic mass is 16.5. The largest absolute Gasteiger partial charge is 0.484 e. The fourth-order valence-electron chi connectivity index (χ4n) is 3.00. The van der Waals surface area contributed by atoms with Gasteiger partial charge in [0.2, 0.25) is 0 Å². The third-order valence-electron chi connectivity index (χ3n) is 4.55. The van der Waals surface area contributed by atoms with Crippen molar-refractivity contribution < 1.29 is 18.7 Å². The Labute approximate surface area is 178 Å². The van der Waals surface area contributed by atoms with Crippen molar-refractivity contribution in [3.63, 3.8) is 0 Å². The molecule has 0 unspecified atom stereocenters. The number of rotatable bonds is 6. The minimum absolute atomic E-state index is 0.186. The van der Waals surface area contributed by atoms with Crippen LogP contribution in [-0.2, 0) is 4.79 Å². The van der Waals surface area contributed by atoms with Crippen LogP contribution in [-0.4, -0.2) is 17.5 Å². The van der Waals surface area contributed by atoms with Gasteiger partial charge in [0.05, 0.1) is 6.20 Å². The summed E-state index contributed by atoms with van der Waals surface area (Å²) >= 11 is 0. The van der Waals surface area contributed by atoms with Crippen LogP contribution in [0.3, 0.4) is 0 Å². The molecule has 0 aliphatic rings. The third kappa shape index (κ3) is 5.08. The molecule has 0 bridgehead atoms. The Kier molecular flexibility index (Phi) is 5.66. The first-order valence-electron chi connectivity index (χ1n) is 9.64. The van der Waals surface area contributed by atoms with Gasteiger partial charge in [0.25, 0.3) is 5.91 Å². The van der Waals surface area contributed by atoms with E-state index in [-0.39, 0.29) is 12.5 Å². The molecule has 0 atom stereocenters. The number of anilines is 1. The number of nitrogens with one attached hydrogen (secondary N) is 1. The number of aryl methyl sites for hydroxylation is 2. The van der Waals surface area contributed by atoms with Gasteiger partial charge in [-0.2, -0.15) is 0 Å². The van der Waals surface area contributed by atoms with Crippen LogP contribution in [0.25, 0.3) is 11.0 Å². The number of nitrogens with zero attached hydrogens (tertiary/aromatic N) is 1.